The maximum atomic E-state index is 8.83. The van der Waals surface area contributed by atoms with Gasteiger partial charge in [-0.2, -0.15) is 10.4 Å². The molecule has 1 fully saturated rings. The molecule has 1 aliphatic rings. The van der Waals surface area contributed by atoms with Gasteiger partial charge in [0.1, 0.15) is 12.7 Å². The molecule has 2 heterocycles. The number of nitriles is 1. The fraction of sp³-hybridized carbons (Fsp3) is 0.438. The van der Waals surface area contributed by atoms with Crippen LogP contribution in [0.1, 0.15) is 24.8 Å². The van der Waals surface area contributed by atoms with Crippen LogP contribution in [0.3, 0.4) is 0 Å². The smallest absolute Gasteiger partial charge is 0.138 e. The summed E-state index contributed by atoms with van der Waals surface area (Å²) in [6, 6.07) is 10.6. The first kappa shape index (κ1) is 14.7. The van der Waals surface area contributed by atoms with Gasteiger partial charge < -0.3 is 5.73 Å². The Morgan fingerprint density at radius 1 is 1.23 bits per heavy atom. The Labute approximate surface area is 130 Å². The van der Waals surface area contributed by atoms with Crippen LogP contribution < -0.4 is 5.73 Å². The Bertz CT molecular complexity index is 632. The third-order valence-corrected chi connectivity index (χ3v) is 4.31. The van der Waals surface area contributed by atoms with E-state index in [1.165, 1.54) is 11.9 Å². The highest BCUT2D eigenvalue weighted by Crippen LogP contribution is 2.24. The number of nitrogens with two attached hydrogens (primary N) is 1. The van der Waals surface area contributed by atoms with Crippen molar-refractivity contribution >= 4 is 0 Å². The first-order chi connectivity index (χ1) is 10.7. The SMILES string of the molecule is N#CCC1(N)CCN(Cc2ccc(-n3cncn3)cc2)CC1. The molecule has 1 aromatic heterocycles. The Morgan fingerprint density at radius 3 is 2.55 bits per heavy atom. The van der Waals surface area contributed by atoms with E-state index in [2.05, 4.69) is 45.3 Å². The van der Waals surface area contributed by atoms with Gasteiger partial charge in [-0.05, 0) is 30.5 Å². The predicted molar refractivity (Wildman–Crippen MR) is 83.0 cm³/mol. The van der Waals surface area contributed by atoms with E-state index >= 15 is 0 Å². The van der Waals surface area contributed by atoms with Crippen LogP contribution in [0.15, 0.2) is 36.9 Å². The molecule has 0 aliphatic carbocycles. The highest BCUT2D eigenvalue weighted by Gasteiger charge is 2.30. The van der Waals surface area contributed by atoms with Crippen LogP contribution in [0.25, 0.3) is 5.69 Å². The molecule has 6 nitrogen and oxygen atoms in total. The van der Waals surface area contributed by atoms with Crippen molar-refractivity contribution in [2.24, 2.45) is 5.73 Å². The summed E-state index contributed by atoms with van der Waals surface area (Å²) in [4.78, 5) is 6.35. The molecule has 0 saturated carbocycles. The van der Waals surface area contributed by atoms with Gasteiger partial charge in [0, 0.05) is 25.2 Å². The molecule has 0 unspecified atom stereocenters. The summed E-state index contributed by atoms with van der Waals surface area (Å²) < 4.78 is 1.75. The molecule has 0 radical (unpaired) electrons. The minimum atomic E-state index is -0.289. The zero-order valence-corrected chi connectivity index (χ0v) is 12.5. The van der Waals surface area contributed by atoms with E-state index in [0.29, 0.717) is 6.42 Å². The monoisotopic (exact) mass is 296 g/mol. The lowest BCUT2D eigenvalue weighted by Gasteiger charge is -2.37. The largest absolute Gasteiger partial charge is 0.324 e. The van der Waals surface area contributed by atoms with Crippen molar-refractivity contribution in [1.29, 1.82) is 5.26 Å². The van der Waals surface area contributed by atoms with Crippen LogP contribution in [0.5, 0.6) is 0 Å². The molecule has 0 bridgehead atoms. The molecule has 3 rings (SSSR count). The molecule has 6 heteroatoms. The van der Waals surface area contributed by atoms with Crippen molar-refractivity contribution in [2.45, 2.75) is 31.3 Å². The summed E-state index contributed by atoms with van der Waals surface area (Å²) in [5.74, 6) is 0. The molecule has 1 aromatic carbocycles. The number of hydrogen-bond acceptors (Lipinski definition) is 5. The summed E-state index contributed by atoms with van der Waals surface area (Å²) in [5, 5.41) is 13.0. The number of benzene rings is 1. The first-order valence-electron chi connectivity index (χ1n) is 7.51. The van der Waals surface area contributed by atoms with Gasteiger partial charge in [-0.1, -0.05) is 12.1 Å². The Balaban J connectivity index is 1.57. The number of likely N-dealkylation sites (tertiary alicyclic amines) is 1. The minimum Gasteiger partial charge on any atom is -0.324 e. The van der Waals surface area contributed by atoms with Crippen LogP contribution in [0.4, 0.5) is 0 Å². The van der Waals surface area contributed by atoms with Crippen LogP contribution in [0, 0.1) is 11.3 Å². The van der Waals surface area contributed by atoms with E-state index in [-0.39, 0.29) is 5.54 Å². The zero-order chi connectivity index (χ0) is 15.4. The van der Waals surface area contributed by atoms with Gasteiger partial charge in [-0.25, -0.2) is 9.67 Å². The van der Waals surface area contributed by atoms with Gasteiger partial charge >= 0.3 is 0 Å². The van der Waals surface area contributed by atoms with Gasteiger partial charge in [0.25, 0.3) is 0 Å². The van der Waals surface area contributed by atoms with Crippen molar-refractivity contribution in [3.8, 4) is 11.8 Å². The molecule has 114 valence electrons. The van der Waals surface area contributed by atoms with Crippen LogP contribution >= 0.6 is 0 Å². The van der Waals surface area contributed by atoms with Crippen LogP contribution in [-0.2, 0) is 6.54 Å². The predicted octanol–water partition coefficient (Wildman–Crippen LogP) is 1.47. The van der Waals surface area contributed by atoms with E-state index in [0.717, 1.165) is 38.2 Å². The van der Waals surface area contributed by atoms with E-state index in [1.807, 2.05) is 0 Å². The van der Waals surface area contributed by atoms with Gasteiger partial charge in [0.15, 0.2) is 0 Å². The van der Waals surface area contributed by atoms with Crippen LogP contribution in [0.2, 0.25) is 0 Å². The van der Waals surface area contributed by atoms with E-state index in [1.54, 1.807) is 11.0 Å². The quantitative estimate of drug-likeness (QED) is 0.923. The number of aromatic nitrogens is 3. The average molecular weight is 296 g/mol. The zero-order valence-electron chi connectivity index (χ0n) is 12.5. The fourth-order valence-corrected chi connectivity index (χ4v) is 2.84. The molecule has 0 atom stereocenters. The number of rotatable bonds is 4. The number of hydrogen-bond donors (Lipinski definition) is 1. The summed E-state index contributed by atoms with van der Waals surface area (Å²) in [6.45, 7) is 2.81. The highest BCUT2D eigenvalue weighted by molar-refractivity contribution is 5.33. The molecular weight excluding hydrogens is 276 g/mol. The highest BCUT2D eigenvalue weighted by atomic mass is 15.3. The molecule has 0 spiro atoms. The lowest BCUT2D eigenvalue weighted by Crippen LogP contribution is -2.49. The number of nitrogens with zero attached hydrogens (tertiary/aromatic N) is 5. The van der Waals surface area contributed by atoms with Crippen LogP contribution in [-0.4, -0.2) is 38.3 Å². The van der Waals surface area contributed by atoms with Crippen molar-refractivity contribution < 1.29 is 0 Å². The summed E-state index contributed by atoms with van der Waals surface area (Å²) >= 11 is 0. The maximum Gasteiger partial charge on any atom is 0.138 e. The van der Waals surface area contributed by atoms with Crippen molar-refractivity contribution in [3.05, 3.63) is 42.5 Å². The van der Waals surface area contributed by atoms with E-state index in [4.69, 9.17) is 11.0 Å². The third kappa shape index (κ3) is 3.32. The van der Waals surface area contributed by atoms with Gasteiger partial charge in [-0.3, -0.25) is 4.90 Å². The summed E-state index contributed by atoms with van der Waals surface area (Å²) in [5.41, 5.74) is 8.23. The Hall–Kier alpha value is -2.23. The fourth-order valence-electron chi connectivity index (χ4n) is 2.84. The van der Waals surface area contributed by atoms with E-state index < -0.39 is 0 Å². The summed E-state index contributed by atoms with van der Waals surface area (Å²) in [7, 11) is 0. The first-order valence-corrected chi connectivity index (χ1v) is 7.51. The normalized spacial score (nSPS) is 18.0. The molecular formula is C16H20N6. The van der Waals surface area contributed by atoms with Crippen molar-refractivity contribution in [1.82, 2.24) is 19.7 Å². The molecule has 1 aliphatic heterocycles. The molecule has 2 aromatic rings. The third-order valence-electron chi connectivity index (χ3n) is 4.31. The molecule has 2 N–H and O–H groups in total. The topological polar surface area (TPSA) is 83.8 Å². The molecule has 22 heavy (non-hydrogen) atoms. The second kappa shape index (κ2) is 6.26. The minimum absolute atomic E-state index is 0.289. The van der Waals surface area contributed by atoms with Crippen molar-refractivity contribution in [3.63, 3.8) is 0 Å². The summed E-state index contributed by atoms with van der Waals surface area (Å²) in [6.07, 6.45) is 5.44. The van der Waals surface area contributed by atoms with Gasteiger partial charge in [0.05, 0.1) is 18.2 Å². The van der Waals surface area contributed by atoms with Gasteiger partial charge in [-0.15, -0.1) is 0 Å². The molecule has 1 saturated heterocycles. The second-order valence-corrected chi connectivity index (χ2v) is 5.98. The lowest BCUT2D eigenvalue weighted by molar-refractivity contribution is 0.157. The van der Waals surface area contributed by atoms with Gasteiger partial charge in [0.2, 0.25) is 0 Å². The average Bonchev–Trinajstić information content (AvgIpc) is 3.05. The maximum absolute atomic E-state index is 8.83. The lowest BCUT2D eigenvalue weighted by atomic mass is 9.86. The molecule has 0 amide bonds. The number of piperidine rings is 1. The second-order valence-electron chi connectivity index (χ2n) is 5.98. The van der Waals surface area contributed by atoms with Crippen molar-refractivity contribution in [2.75, 3.05) is 13.1 Å². The Kier molecular flexibility index (Phi) is 4.18. The van der Waals surface area contributed by atoms with E-state index in [9.17, 15) is 0 Å². The standard InChI is InChI=1S/C16H20N6/c17-8-5-16(18)6-9-21(10-7-16)11-14-1-3-15(4-2-14)22-13-19-12-20-22/h1-4,12-13H,5-7,9-11,18H2. The Morgan fingerprint density at radius 2 is 1.95 bits per heavy atom.